The smallest absolute Gasteiger partial charge is 0.347 e. The molecule has 0 saturated carbocycles. The molecule has 0 aliphatic carbocycles. The predicted octanol–water partition coefficient (Wildman–Crippen LogP) is 3.70. The summed E-state index contributed by atoms with van der Waals surface area (Å²) >= 11 is 3.25. The van der Waals surface area contributed by atoms with Crippen molar-refractivity contribution in [2.45, 2.75) is 32.3 Å². The zero-order chi connectivity index (χ0) is 13.5. The third-order valence-corrected chi connectivity index (χ3v) is 3.10. The van der Waals surface area contributed by atoms with Crippen LogP contribution in [0.1, 0.15) is 26.2 Å². The lowest BCUT2D eigenvalue weighted by atomic mass is 10.1. The van der Waals surface area contributed by atoms with Crippen LogP contribution in [0.2, 0.25) is 0 Å². The molecule has 0 N–H and O–H groups in total. The fourth-order valence-corrected chi connectivity index (χ4v) is 1.81. The Kier molecular flexibility index (Phi) is 6.12. The van der Waals surface area contributed by atoms with E-state index in [1.165, 1.54) is 19.2 Å². The van der Waals surface area contributed by atoms with Crippen molar-refractivity contribution in [1.29, 1.82) is 0 Å². The van der Waals surface area contributed by atoms with E-state index in [-0.39, 0.29) is 0 Å². The SMILES string of the molecule is CCCCC(Oc1cc(F)ccc1Br)C(=O)OC. The van der Waals surface area contributed by atoms with Gasteiger partial charge in [0.1, 0.15) is 11.6 Å². The Morgan fingerprint density at radius 2 is 2.22 bits per heavy atom. The lowest BCUT2D eigenvalue weighted by Gasteiger charge is -2.17. The molecular weight excluding hydrogens is 303 g/mol. The Balaban J connectivity index is 2.81. The van der Waals surface area contributed by atoms with Crippen LogP contribution in [0.4, 0.5) is 4.39 Å². The zero-order valence-electron chi connectivity index (χ0n) is 10.4. The molecule has 0 aliphatic rings. The van der Waals surface area contributed by atoms with Gasteiger partial charge in [-0.2, -0.15) is 0 Å². The zero-order valence-corrected chi connectivity index (χ0v) is 12.0. The van der Waals surface area contributed by atoms with Crippen molar-refractivity contribution in [3.63, 3.8) is 0 Å². The normalized spacial score (nSPS) is 12.0. The molecule has 0 aromatic heterocycles. The molecule has 1 unspecified atom stereocenters. The van der Waals surface area contributed by atoms with Crippen LogP contribution >= 0.6 is 15.9 Å². The molecule has 0 radical (unpaired) electrons. The molecule has 5 heteroatoms. The van der Waals surface area contributed by atoms with Gasteiger partial charge in [0.2, 0.25) is 0 Å². The Hall–Kier alpha value is -1.10. The number of ether oxygens (including phenoxy) is 2. The number of hydrogen-bond donors (Lipinski definition) is 0. The van der Waals surface area contributed by atoms with Crippen LogP contribution in [0.3, 0.4) is 0 Å². The quantitative estimate of drug-likeness (QED) is 0.750. The summed E-state index contributed by atoms with van der Waals surface area (Å²) in [5, 5.41) is 0. The van der Waals surface area contributed by atoms with Gasteiger partial charge in [-0.15, -0.1) is 0 Å². The summed E-state index contributed by atoms with van der Waals surface area (Å²) in [6.45, 7) is 2.02. The maximum atomic E-state index is 13.1. The van der Waals surface area contributed by atoms with Crippen molar-refractivity contribution in [3.05, 3.63) is 28.5 Å². The van der Waals surface area contributed by atoms with Crippen LogP contribution in [0, 0.1) is 5.82 Å². The molecule has 0 amide bonds. The van der Waals surface area contributed by atoms with Gasteiger partial charge in [-0.3, -0.25) is 0 Å². The number of rotatable bonds is 6. The molecule has 1 rings (SSSR count). The van der Waals surface area contributed by atoms with Crippen molar-refractivity contribution >= 4 is 21.9 Å². The monoisotopic (exact) mass is 318 g/mol. The first-order chi connectivity index (χ1) is 8.58. The lowest BCUT2D eigenvalue weighted by molar-refractivity contribution is -0.149. The van der Waals surface area contributed by atoms with E-state index in [0.717, 1.165) is 12.8 Å². The molecule has 1 atom stereocenters. The first-order valence-electron chi connectivity index (χ1n) is 5.78. The maximum Gasteiger partial charge on any atom is 0.347 e. The minimum atomic E-state index is -0.701. The molecular formula is C13H16BrFO3. The Labute approximate surface area is 114 Å². The van der Waals surface area contributed by atoms with E-state index in [2.05, 4.69) is 20.7 Å². The highest BCUT2D eigenvalue weighted by molar-refractivity contribution is 9.10. The summed E-state index contributed by atoms with van der Waals surface area (Å²) in [7, 11) is 1.31. The molecule has 0 fully saturated rings. The third-order valence-electron chi connectivity index (χ3n) is 2.45. The number of unbranched alkanes of at least 4 members (excludes halogenated alkanes) is 1. The number of hydrogen-bond acceptors (Lipinski definition) is 3. The van der Waals surface area contributed by atoms with E-state index in [9.17, 15) is 9.18 Å². The number of carbonyl (C=O) groups is 1. The topological polar surface area (TPSA) is 35.5 Å². The van der Waals surface area contributed by atoms with Crippen molar-refractivity contribution < 1.29 is 18.7 Å². The standard InChI is InChI=1S/C13H16BrFO3/c1-3-4-5-11(13(16)17-2)18-12-8-9(15)6-7-10(12)14/h6-8,11H,3-5H2,1-2H3. The van der Waals surface area contributed by atoms with Gasteiger partial charge < -0.3 is 9.47 Å². The van der Waals surface area contributed by atoms with Crippen LogP contribution in [-0.2, 0) is 9.53 Å². The van der Waals surface area contributed by atoms with E-state index in [1.807, 2.05) is 6.92 Å². The summed E-state index contributed by atoms with van der Waals surface area (Å²) in [6.07, 6.45) is 1.63. The first kappa shape index (κ1) is 15.0. The van der Waals surface area contributed by atoms with Gasteiger partial charge in [-0.25, -0.2) is 9.18 Å². The molecule has 0 spiro atoms. The van der Waals surface area contributed by atoms with Gasteiger partial charge in [0.25, 0.3) is 0 Å². The fourth-order valence-electron chi connectivity index (χ4n) is 1.47. The Morgan fingerprint density at radius 1 is 1.50 bits per heavy atom. The van der Waals surface area contributed by atoms with Crippen molar-refractivity contribution in [2.75, 3.05) is 7.11 Å². The van der Waals surface area contributed by atoms with E-state index >= 15 is 0 Å². The first-order valence-corrected chi connectivity index (χ1v) is 6.57. The highest BCUT2D eigenvalue weighted by Crippen LogP contribution is 2.27. The maximum absolute atomic E-state index is 13.1. The average Bonchev–Trinajstić information content (AvgIpc) is 2.37. The summed E-state index contributed by atoms with van der Waals surface area (Å²) in [5.41, 5.74) is 0. The average molecular weight is 319 g/mol. The van der Waals surface area contributed by atoms with Crippen LogP contribution < -0.4 is 4.74 Å². The molecule has 1 aromatic rings. The second-order valence-corrected chi connectivity index (χ2v) is 4.70. The second-order valence-electron chi connectivity index (χ2n) is 3.85. The van der Waals surface area contributed by atoms with Gasteiger partial charge in [-0.1, -0.05) is 13.3 Å². The fraction of sp³-hybridized carbons (Fsp3) is 0.462. The predicted molar refractivity (Wildman–Crippen MR) is 70.1 cm³/mol. The Morgan fingerprint density at radius 3 is 2.83 bits per heavy atom. The summed E-state index contributed by atoms with van der Waals surface area (Å²) < 4.78 is 23.9. The van der Waals surface area contributed by atoms with Crippen molar-refractivity contribution in [2.24, 2.45) is 0 Å². The number of carbonyl (C=O) groups excluding carboxylic acids is 1. The van der Waals surface area contributed by atoms with E-state index in [4.69, 9.17) is 4.74 Å². The highest BCUT2D eigenvalue weighted by atomic mass is 79.9. The number of benzene rings is 1. The van der Waals surface area contributed by atoms with Crippen molar-refractivity contribution in [3.8, 4) is 5.75 Å². The molecule has 18 heavy (non-hydrogen) atoms. The van der Waals surface area contributed by atoms with Crippen molar-refractivity contribution in [1.82, 2.24) is 0 Å². The van der Waals surface area contributed by atoms with Crippen LogP contribution in [-0.4, -0.2) is 19.2 Å². The third kappa shape index (κ3) is 4.29. The molecule has 0 bridgehead atoms. The summed E-state index contributed by atoms with van der Waals surface area (Å²) in [5.74, 6) is -0.548. The molecule has 0 aliphatic heterocycles. The van der Waals surface area contributed by atoms with Gasteiger partial charge >= 0.3 is 5.97 Å². The van der Waals surface area contributed by atoms with Crippen LogP contribution in [0.25, 0.3) is 0 Å². The molecule has 1 aromatic carbocycles. The second kappa shape index (κ2) is 7.36. The van der Waals surface area contributed by atoms with Gasteiger partial charge in [0.15, 0.2) is 6.10 Å². The Bertz CT molecular complexity index is 409. The summed E-state index contributed by atoms with van der Waals surface area (Å²) in [4.78, 5) is 11.6. The molecule has 3 nitrogen and oxygen atoms in total. The molecule has 0 saturated heterocycles. The lowest BCUT2D eigenvalue weighted by Crippen LogP contribution is -2.28. The molecule has 0 heterocycles. The van der Waals surface area contributed by atoms with Crippen LogP contribution in [0.5, 0.6) is 5.75 Å². The minimum absolute atomic E-state index is 0.307. The minimum Gasteiger partial charge on any atom is -0.477 e. The van der Waals surface area contributed by atoms with Gasteiger partial charge in [0, 0.05) is 6.07 Å². The van der Waals surface area contributed by atoms with E-state index in [1.54, 1.807) is 6.07 Å². The number of esters is 1. The highest BCUT2D eigenvalue weighted by Gasteiger charge is 2.21. The van der Waals surface area contributed by atoms with E-state index in [0.29, 0.717) is 16.6 Å². The van der Waals surface area contributed by atoms with Gasteiger partial charge in [0.05, 0.1) is 11.6 Å². The largest absolute Gasteiger partial charge is 0.477 e. The number of halogens is 2. The van der Waals surface area contributed by atoms with Gasteiger partial charge in [-0.05, 0) is 40.9 Å². The van der Waals surface area contributed by atoms with Crippen LogP contribution in [0.15, 0.2) is 22.7 Å². The number of methoxy groups -OCH3 is 1. The van der Waals surface area contributed by atoms with E-state index < -0.39 is 17.9 Å². The summed E-state index contributed by atoms with van der Waals surface area (Å²) in [6, 6.07) is 4.10. The molecule has 100 valence electrons.